The van der Waals surface area contributed by atoms with Gasteiger partial charge in [-0.2, -0.15) is 0 Å². The van der Waals surface area contributed by atoms with Gasteiger partial charge in [0.15, 0.2) is 0 Å². The molecule has 0 saturated carbocycles. The summed E-state index contributed by atoms with van der Waals surface area (Å²) in [5.41, 5.74) is 1.23. The van der Waals surface area contributed by atoms with Crippen LogP contribution in [-0.2, 0) is 6.54 Å². The van der Waals surface area contributed by atoms with Crippen LogP contribution >= 0.6 is 0 Å². The molecule has 0 bridgehead atoms. The number of hydrogen-bond acceptors (Lipinski definition) is 4. The maximum absolute atomic E-state index is 10.5. The lowest BCUT2D eigenvalue weighted by Gasteiger charge is -2.46. The van der Waals surface area contributed by atoms with E-state index in [0.717, 1.165) is 31.7 Å². The summed E-state index contributed by atoms with van der Waals surface area (Å²) in [5, 5.41) is 10.9. The van der Waals surface area contributed by atoms with Gasteiger partial charge >= 0.3 is 6.09 Å². The molecule has 1 aromatic rings. The number of likely N-dealkylation sites (N-methyl/N-ethyl adjacent to an activating group) is 1. The molecule has 0 radical (unpaired) electrons. The van der Waals surface area contributed by atoms with E-state index in [0.29, 0.717) is 5.82 Å². The van der Waals surface area contributed by atoms with Gasteiger partial charge in [0.05, 0.1) is 0 Å². The lowest BCUT2D eigenvalue weighted by molar-refractivity contribution is 0.0253. The minimum Gasteiger partial charge on any atom is -0.465 e. The third-order valence-corrected chi connectivity index (χ3v) is 3.70. The third-order valence-electron chi connectivity index (χ3n) is 3.70. The highest BCUT2D eigenvalue weighted by Crippen LogP contribution is 2.22. The number of aromatic nitrogens is 1. The zero-order chi connectivity index (χ0) is 14.8. The van der Waals surface area contributed by atoms with E-state index in [1.54, 1.807) is 12.3 Å². The Labute approximate surface area is 119 Å². The van der Waals surface area contributed by atoms with Gasteiger partial charge in [-0.1, -0.05) is 6.07 Å². The molecule has 0 aliphatic carbocycles. The molecule has 2 heterocycles. The maximum atomic E-state index is 10.5. The fourth-order valence-electron chi connectivity index (χ4n) is 2.65. The summed E-state index contributed by atoms with van der Waals surface area (Å²) >= 11 is 0. The van der Waals surface area contributed by atoms with Gasteiger partial charge in [-0.15, -0.1) is 0 Å². The Kier molecular flexibility index (Phi) is 4.25. The molecule has 1 aliphatic heterocycles. The predicted molar refractivity (Wildman–Crippen MR) is 77.9 cm³/mol. The van der Waals surface area contributed by atoms with Crippen LogP contribution in [0.1, 0.15) is 19.4 Å². The average molecular weight is 278 g/mol. The number of amides is 1. The number of nitrogens with one attached hydrogen (secondary N) is 1. The van der Waals surface area contributed by atoms with Crippen molar-refractivity contribution in [2.75, 3.05) is 32.0 Å². The molecule has 6 nitrogen and oxygen atoms in total. The molecule has 20 heavy (non-hydrogen) atoms. The van der Waals surface area contributed by atoms with Crippen molar-refractivity contribution in [3.63, 3.8) is 0 Å². The number of anilines is 1. The van der Waals surface area contributed by atoms with Crippen LogP contribution in [0.15, 0.2) is 18.3 Å². The Morgan fingerprint density at radius 1 is 1.45 bits per heavy atom. The lowest BCUT2D eigenvalue weighted by atomic mass is 9.98. The van der Waals surface area contributed by atoms with Crippen LogP contribution in [0.2, 0.25) is 0 Å². The van der Waals surface area contributed by atoms with Gasteiger partial charge in [0, 0.05) is 37.9 Å². The van der Waals surface area contributed by atoms with Gasteiger partial charge in [0.2, 0.25) is 0 Å². The standard InChI is InChI=1S/C14H22N4O2/c1-14(2)10-17(3)6-7-18(14)9-11-4-5-12(15-8-11)16-13(19)20/h4-5,8H,6-7,9-10H2,1-3H3,(H,15,16)(H,19,20). The van der Waals surface area contributed by atoms with Crippen LogP contribution in [0.3, 0.4) is 0 Å². The number of carboxylic acid groups (broad SMARTS) is 1. The molecule has 1 fully saturated rings. The second kappa shape index (κ2) is 5.76. The van der Waals surface area contributed by atoms with Crippen LogP contribution in [0.5, 0.6) is 0 Å². The second-order valence-electron chi connectivity index (χ2n) is 5.95. The summed E-state index contributed by atoms with van der Waals surface area (Å²) in [6.45, 7) is 8.46. The molecule has 1 aliphatic rings. The molecule has 6 heteroatoms. The highest BCUT2D eigenvalue weighted by molar-refractivity contribution is 5.81. The van der Waals surface area contributed by atoms with E-state index < -0.39 is 6.09 Å². The first kappa shape index (κ1) is 14.7. The monoisotopic (exact) mass is 278 g/mol. The highest BCUT2D eigenvalue weighted by Gasteiger charge is 2.31. The van der Waals surface area contributed by atoms with Crippen LogP contribution in [0, 0.1) is 0 Å². The summed E-state index contributed by atoms with van der Waals surface area (Å²) < 4.78 is 0. The Bertz CT molecular complexity index is 473. The number of pyridine rings is 1. The van der Waals surface area contributed by atoms with Crippen LogP contribution in [0.25, 0.3) is 0 Å². The molecule has 1 aromatic heterocycles. The van der Waals surface area contributed by atoms with Crippen molar-refractivity contribution < 1.29 is 9.90 Å². The lowest BCUT2D eigenvalue weighted by Crippen LogP contribution is -2.57. The minimum absolute atomic E-state index is 0.130. The van der Waals surface area contributed by atoms with Crippen molar-refractivity contribution in [3.8, 4) is 0 Å². The van der Waals surface area contributed by atoms with Gasteiger partial charge < -0.3 is 10.0 Å². The molecule has 0 aromatic carbocycles. The van der Waals surface area contributed by atoms with Crippen molar-refractivity contribution >= 4 is 11.9 Å². The minimum atomic E-state index is -1.09. The molecule has 0 atom stereocenters. The van der Waals surface area contributed by atoms with Crippen LogP contribution in [0.4, 0.5) is 10.6 Å². The Hall–Kier alpha value is -1.66. The molecule has 110 valence electrons. The summed E-state index contributed by atoms with van der Waals surface area (Å²) in [4.78, 5) is 19.4. The Morgan fingerprint density at radius 2 is 2.20 bits per heavy atom. The highest BCUT2D eigenvalue weighted by atomic mass is 16.4. The van der Waals surface area contributed by atoms with Gasteiger partial charge in [0.1, 0.15) is 5.82 Å². The maximum Gasteiger partial charge on any atom is 0.410 e. The van der Waals surface area contributed by atoms with Gasteiger partial charge in [0.25, 0.3) is 0 Å². The van der Waals surface area contributed by atoms with E-state index >= 15 is 0 Å². The van der Waals surface area contributed by atoms with E-state index in [1.807, 2.05) is 6.07 Å². The predicted octanol–water partition coefficient (Wildman–Crippen LogP) is 1.70. The largest absolute Gasteiger partial charge is 0.465 e. The van der Waals surface area contributed by atoms with Crippen molar-refractivity contribution in [1.82, 2.24) is 14.8 Å². The fourth-order valence-corrected chi connectivity index (χ4v) is 2.65. The van der Waals surface area contributed by atoms with Gasteiger partial charge in [-0.05, 0) is 32.5 Å². The Morgan fingerprint density at radius 3 is 2.75 bits per heavy atom. The average Bonchev–Trinajstić information content (AvgIpc) is 2.33. The molecule has 1 saturated heterocycles. The van der Waals surface area contributed by atoms with E-state index in [1.165, 1.54) is 0 Å². The summed E-state index contributed by atoms with van der Waals surface area (Å²) in [6, 6.07) is 3.62. The van der Waals surface area contributed by atoms with Crippen molar-refractivity contribution in [3.05, 3.63) is 23.9 Å². The SMILES string of the molecule is CN1CCN(Cc2ccc(NC(=O)O)nc2)C(C)(C)C1. The van der Waals surface area contributed by atoms with Gasteiger partial charge in [-0.3, -0.25) is 10.2 Å². The van der Waals surface area contributed by atoms with Gasteiger partial charge in [-0.25, -0.2) is 9.78 Å². The Balaban J connectivity index is 2.01. The number of piperazine rings is 1. The number of hydrogen-bond donors (Lipinski definition) is 2. The van der Waals surface area contributed by atoms with Crippen LogP contribution in [-0.4, -0.2) is 58.2 Å². The molecular formula is C14H22N4O2. The summed E-state index contributed by atoms with van der Waals surface area (Å²) in [5.74, 6) is 0.360. The number of rotatable bonds is 3. The summed E-state index contributed by atoms with van der Waals surface area (Å²) in [6.07, 6.45) is 0.644. The molecule has 0 spiro atoms. The van der Waals surface area contributed by atoms with Crippen molar-refractivity contribution in [2.45, 2.75) is 25.9 Å². The molecule has 2 N–H and O–H groups in total. The van der Waals surface area contributed by atoms with E-state index in [4.69, 9.17) is 5.11 Å². The second-order valence-corrected chi connectivity index (χ2v) is 5.95. The number of nitrogens with zero attached hydrogens (tertiary/aromatic N) is 3. The normalized spacial score (nSPS) is 19.8. The van der Waals surface area contributed by atoms with E-state index in [2.05, 4.69) is 41.0 Å². The van der Waals surface area contributed by atoms with E-state index in [-0.39, 0.29) is 5.54 Å². The van der Waals surface area contributed by atoms with Crippen molar-refractivity contribution in [1.29, 1.82) is 0 Å². The van der Waals surface area contributed by atoms with Crippen molar-refractivity contribution in [2.24, 2.45) is 0 Å². The fraction of sp³-hybridized carbons (Fsp3) is 0.571. The molecular weight excluding hydrogens is 256 g/mol. The topological polar surface area (TPSA) is 68.7 Å². The quantitative estimate of drug-likeness (QED) is 0.880. The summed E-state index contributed by atoms with van der Waals surface area (Å²) in [7, 11) is 2.15. The van der Waals surface area contributed by atoms with E-state index in [9.17, 15) is 4.79 Å². The van der Waals surface area contributed by atoms with Crippen LogP contribution < -0.4 is 5.32 Å². The molecule has 1 amide bonds. The zero-order valence-electron chi connectivity index (χ0n) is 12.3. The third kappa shape index (κ3) is 3.68. The molecule has 2 rings (SSSR count). The first-order valence-electron chi connectivity index (χ1n) is 6.75. The smallest absolute Gasteiger partial charge is 0.410 e. The first-order chi connectivity index (χ1) is 9.37. The zero-order valence-corrected chi connectivity index (χ0v) is 12.3. The number of carbonyl (C=O) groups is 1. The first-order valence-corrected chi connectivity index (χ1v) is 6.75. The molecule has 0 unspecified atom stereocenters.